The van der Waals surface area contributed by atoms with Gasteiger partial charge in [-0.3, -0.25) is 4.79 Å². The van der Waals surface area contributed by atoms with Gasteiger partial charge in [-0.15, -0.1) is 0 Å². The summed E-state index contributed by atoms with van der Waals surface area (Å²) in [4.78, 5) is 11.5. The number of Topliss-reactive ketones (excluding diaryl/α,β-unsaturated/α-hetero) is 1. The minimum Gasteiger partial charge on any atom is -0.457 e. The molecule has 0 amide bonds. The number of alkyl halides is 6. The number of halogens is 7. The maximum absolute atomic E-state index is 12.5. The largest absolute Gasteiger partial charge is 0.457 e. The predicted molar refractivity (Wildman–Crippen MR) is 114 cm³/mol. The van der Waals surface area contributed by atoms with Crippen LogP contribution in [0.2, 0.25) is 5.02 Å². The minimum absolute atomic E-state index is 0.0314. The Labute approximate surface area is 191 Å². The Morgan fingerprint density at radius 2 is 1.12 bits per heavy atom. The van der Waals surface area contributed by atoms with Gasteiger partial charge in [0, 0.05) is 10.6 Å². The highest BCUT2D eigenvalue weighted by Gasteiger charge is 2.30. The molecule has 9 heteroatoms. The molecule has 0 N–H and O–H groups in total. The average Bonchev–Trinajstić information content (AvgIpc) is 2.67. The van der Waals surface area contributed by atoms with Gasteiger partial charge >= 0.3 is 12.4 Å². The second kappa shape index (κ2) is 10.3. The molecule has 0 aliphatic heterocycles. The number of hydrogen-bond acceptors (Lipinski definition) is 2. The van der Waals surface area contributed by atoms with Crippen molar-refractivity contribution in [2.24, 2.45) is 0 Å². The van der Waals surface area contributed by atoms with Crippen molar-refractivity contribution >= 4 is 17.4 Å². The van der Waals surface area contributed by atoms with Crippen LogP contribution in [0.4, 0.5) is 26.3 Å². The molecule has 33 heavy (non-hydrogen) atoms. The van der Waals surface area contributed by atoms with E-state index < -0.39 is 23.5 Å². The van der Waals surface area contributed by atoms with Crippen LogP contribution < -0.4 is 4.74 Å². The van der Waals surface area contributed by atoms with Crippen molar-refractivity contribution < 1.29 is 35.9 Å². The molecule has 0 saturated heterocycles. The van der Waals surface area contributed by atoms with Crippen molar-refractivity contribution in [2.45, 2.75) is 33.1 Å². The highest BCUT2D eigenvalue weighted by Crippen LogP contribution is 2.32. The van der Waals surface area contributed by atoms with Crippen LogP contribution in [0.25, 0.3) is 0 Å². The van der Waals surface area contributed by atoms with E-state index in [9.17, 15) is 31.1 Å². The highest BCUT2D eigenvalue weighted by atomic mass is 35.5. The van der Waals surface area contributed by atoms with Crippen LogP contribution in [0.1, 0.15) is 39.5 Å². The molecule has 3 aromatic carbocycles. The van der Waals surface area contributed by atoms with Crippen LogP contribution in [0.15, 0.2) is 60.7 Å². The van der Waals surface area contributed by atoms with Crippen LogP contribution in [0.5, 0.6) is 11.5 Å². The van der Waals surface area contributed by atoms with Crippen LogP contribution in [0.3, 0.4) is 0 Å². The molecule has 3 aromatic rings. The summed E-state index contributed by atoms with van der Waals surface area (Å²) in [6, 6.07) is 12.2. The van der Waals surface area contributed by atoms with Gasteiger partial charge in [0.15, 0.2) is 5.78 Å². The Morgan fingerprint density at radius 3 is 1.48 bits per heavy atom. The Morgan fingerprint density at radius 1 is 0.727 bits per heavy atom. The molecule has 0 unspecified atom stereocenters. The maximum Gasteiger partial charge on any atom is 0.416 e. The monoisotopic (exact) mass is 488 g/mol. The number of benzene rings is 3. The van der Waals surface area contributed by atoms with E-state index in [-0.39, 0.29) is 5.78 Å². The van der Waals surface area contributed by atoms with E-state index in [0.29, 0.717) is 22.1 Å². The molecule has 0 heterocycles. The smallest absolute Gasteiger partial charge is 0.416 e. The summed E-state index contributed by atoms with van der Waals surface area (Å²) in [7, 11) is 0. The fourth-order valence-electron chi connectivity index (χ4n) is 3.02. The molecule has 0 bridgehead atoms. The number of ether oxygens (including phenoxy) is 1. The predicted octanol–water partition coefficient (Wildman–Crippen LogP) is 8.68. The SMILES string of the molecule is CC(=O)c1c(C)cc(Oc2ccc(C(F)(F)F)cc2)cc1C.FC(F)(F)c1ccc(Cl)cc1. The lowest BCUT2D eigenvalue weighted by Crippen LogP contribution is -2.04. The second-order valence-corrected chi connectivity index (χ2v) is 7.55. The van der Waals surface area contributed by atoms with Gasteiger partial charge in [0.05, 0.1) is 11.1 Å². The van der Waals surface area contributed by atoms with E-state index in [2.05, 4.69) is 0 Å². The first-order chi connectivity index (χ1) is 15.2. The third-order valence-corrected chi connectivity index (χ3v) is 4.70. The Hall–Kier alpha value is -3.00. The molecule has 2 nitrogen and oxygen atoms in total. The van der Waals surface area contributed by atoms with Crippen LogP contribution >= 0.6 is 11.6 Å². The lowest BCUT2D eigenvalue weighted by molar-refractivity contribution is -0.138. The fourth-order valence-corrected chi connectivity index (χ4v) is 3.15. The molecule has 0 radical (unpaired) electrons. The maximum atomic E-state index is 12.5. The van der Waals surface area contributed by atoms with Gasteiger partial charge in [-0.05, 0) is 92.6 Å². The van der Waals surface area contributed by atoms with Crippen molar-refractivity contribution in [1.29, 1.82) is 0 Å². The summed E-state index contributed by atoms with van der Waals surface area (Å²) < 4.78 is 78.7. The number of carbonyl (C=O) groups excluding carboxylic acids is 1. The summed E-state index contributed by atoms with van der Waals surface area (Å²) in [6.45, 7) is 5.08. The number of ketones is 1. The van der Waals surface area contributed by atoms with E-state index in [1.807, 2.05) is 0 Å². The quantitative estimate of drug-likeness (QED) is 0.272. The van der Waals surface area contributed by atoms with E-state index in [1.165, 1.54) is 31.2 Å². The zero-order valence-electron chi connectivity index (χ0n) is 17.7. The molecular formula is C24H19ClF6O2. The number of carbonyl (C=O) groups is 1. The molecule has 176 valence electrons. The van der Waals surface area contributed by atoms with Crippen molar-refractivity contribution in [2.75, 3.05) is 0 Å². The van der Waals surface area contributed by atoms with E-state index in [4.69, 9.17) is 16.3 Å². The zero-order chi connectivity index (χ0) is 25.0. The molecule has 3 rings (SSSR count). The average molecular weight is 489 g/mol. The number of hydrogen-bond donors (Lipinski definition) is 0. The Bertz CT molecular complexity index is 1080. The highest BCUT2D eigenvalue weighted by molar-refractivity contribution is 6.30. The molecule has 0 aliphatic carbocycles. The van der Waals surface area contributed by atoms with E-state index >= 15 is 0 Å². The van der Waals surface area contributed by atoms with Gasteiger partial charge in [-0.1, -0.05) is 11.6 Å². The standard InChI is InChI=1S/C17H15F3O2.C7H4ClF3/c1-10-8-15(9-11(2)16(10)12(3)21)22-14-6-4-13(5-7-14)17(18,19)20;8-6-3-1-5(2-4-6)7(9,10)11/h4-9H,1-3H3;1-4H. The van der Waals surface area contributed by atoms with Gasteiger partial charge in [-0.25, -0.2) is 0 Å². The van der Waals surface area contributed by atoms with Gasteiger partial charge in [0.1, 0.15) is 11.5 Å². The van der Waals surface area contributed by atoms with Crippen molar-refractivity contribution in [3.05, 3.63) is 93.5 Å². The normalized spacial score (nSPS) is 11.5. The summed E-state index contributed by atoms with van der Waals surface area (Å²) in [6.07, 6.45) is -8.64. The van der Waals surface area contributed by atoms with Crippen LogP contribution in [-0.4, -0.2) is 5.78 Å². The molecule has 0 fully saturated rings. The second-order valence-electron chi connectivity index (χ2n) is 7.12. The van der Waals surface area contributed by atoms with Gasteiger partial charge in [0.25, 0.3) is 0 Å². The minimum atomic E-state index is -4.37. The van der Waals surface area contributed by atoms with Crippen molar-refractivity contribution in [3.63, 3.8) is 0 Å². The van der Waals surface area contributed by atoms with Crippen molar-refractivity contribution in [1.82, 2.24) is 0 Å². The van der Waals surface area contributed by atoms with Gasteiger partial charge in [-0.2, -0.15) is 26.3 Å². The van der Waals surface area contributed by atoms with Crippen LogP contribution in [-0.2, 0) is 12.4 Å². The Kier molecular flexibility index (Phi) is 8.19. The van der Waals surface area contributed by atoms with E-state index in [0.717, 1.165) is 35.4 Å². The molecule has 0 spiro atoms. The third kappa shape index (κ3) is 7.53. The Balaban J connectivity index is 0.000000294. The summed E-state index contributed by atoms with van der Waals surface area (Å²) in [5.41, 5.74) is 0.782. The molecule has 0 aromatic heterocycles. The van der Waals surface area contributed by atoms with Gasteiger partial charge in [0.2, 0.25) is 0 Å². The van der Waals surface area contributed by atoms with E-state index in [1.54, 1.807) is 26.0 Å². The van der Waals surface area contributed by atoms with Crippen molar-refractivity contribution in [3.8, 4) is 11.5 Å². The lowest BCUT2D eigenvalue weighted by Gasteiger charge is -2.12. The molecule has 0 atom stereocenters. The first-order valence-electron chi connectivity index (χ1n) is 9.48. The third-order valence-electron chi connectivity index (χ3n) is 4.45. The fraction of sp³-hybridized carbons (Fsp3) is 0.208. The molecule has 0 aliphatic rings. The molecule has 0 saturated carbocycles. The van der Waals surface area contributed by atoms with Gasteiger partial charge < -0.3 is 4.74 Å². The first-order valence-corrected chi connectivity index (χ1v) is 9.86. The topological polar surface area (TPSA) is 26.3 Å². The lowest BCUT2D eigenvalue weighted by atomic mass is 9.99. The number of aryl methyl sites for hydroxylation is 2. The molecular weight excluding hydrogens is 470 g/mol. The summed E-state index contributed by atoms with van der Waals surface area (Å²) >= 11 is 5.39. The van der Waals surface area contributed by atoms with Crippen LogP contribution in [0, 0.1) is 13.8 Å². The zero-order valence-corrected chi connectivity index (χ0v) is 18.5. The number of rotatable bonds is 3. The first kappa shape index (κ1) is 26.3. The summed E-state index contributed by atoms with van der Waals surface area (Å²) in [5.74, 6) is 0.762. The summed E-state index contributed by atoms with van der Waals surface area (Å²) in [5, 5.41) is 0.304.